The summed E-state index contributed by atoms with van der Waals surface area (Å²) in [5.74, 6) is 0. The number of aryl methyl sites for hydroxylation is 2. The van der Waals surface area contributed by atoms with Gasteiger partial charge in [0.25, 0.3) is 0 Å². The second-order valence-electron chi connectivity index (χ2n) is 15.9. The smallest absolute Gasteiger partial charge is 0.0541 e. The van der Waals surface area contributed by atoms with Crippen molar-refractivity contribution < 1.29 is 0 Å². The Labute approximate surface area is 350 Å². The maximum Gasteiger partial charge on any atom is 0.0541 e. The van der Waals surface area contributed by atoms with Gasteiger partial charge in [-0.1, -0.05) is 158 Å². The van der Waals surface area contributed by atoms with Crippen molar-refractivity contribution in [2.75, 3.05) is 4.90 Å². The number of aromatic nitrogens is 1. The highest BCUT2D eigenvalue weighted by atomic mass is 15.1. The average molecular weight is 767 g/mol. The average Bonchev–Trinajstić information content (AvgIpc) is 3.64. The number of para-hydroxylation sites is 2. The Hall–Kier alpha value is -7.68. The number of benzene rings is 10. The molecule has 284 valence electrons. The molecule has 0 spiro atoms. The summed E-state index contributed by atoms with van der Waals surface area (Å²) in [5, 5.41) is 7.56. The van der Waals surface area contributed by atoms with Crippen LogP contribution in [0.1, 0.15) is 11.1 Å². The molecule has 11 aromatic rings. The summed E-state index contributed by atoms with van der Waals surface area (Å²) in [7, 11) is 0. The Morgan fingerprint density at radius 1 is 0.333 bits per heavy atom. The van der Waals surface area contributed by atoms with Gasteiger partial charge in [0.15, 0.2) is 0 Å². The Morgan fingerprint density at radius 3 is 1.28 bits per heavy atom. The fraction of sp³-hybridized carbons (Fsp3) is 0.0345. The van der Waals surface area contributed by atoms with Crippen LogP contribution < -0.4 is 4.90 Å². The van der Waals surface area contributed by atoms with Crippen molar-refractivity contribution in [1.82, 2.24) is 4.57 Å². The zero-order valence-electron chi connectivity index (χ0n) is 33.7. The van der Waals surface area contributed by atoms with Gasteiger partial charge in [0.1, 0.15) is 0 Å². The van der Waals surface area contributed by atoms with Gasteiger partial charge in [-0.15, -0.1) is 0 Å². The number of anilines is 3. The van der Waals surface area contributed by atoms with Gasteiger partial charge in [-0.3, -0.25) is 0 Å². The molecule has 0 unspecified atom stereocenters. The van der Waals surface area contributed by atoms with E-state index in [-0.39, 0.29) is 0 Å². The molecule has 0 fully saturated rings. The number of hydrogen-bond donors (Lipinski definition) is 0. The molecule has 0 aliphatic rings. The minimum absolute atomic E-state index is 1.12. The topological polar surface area (TPSA) is 8.17 Å². The molecule has 60 heavy (non-hydrogen) atoms. The molecule has 0 saturated heterocycles. The van der Waals surface area contributed by atoms with E-state index in [2.05, 4.69) is 242 Å². The van der Waals surface area contributed by atoms with Gasteiger partial charge in [0.05, 0.1) is 16.7 Å². The summed E-state index contributed by atoms with van der Waals surface area (Å²) in [5.41, 5.74) is 16.7. The predicted molar refractivity (Wildman–Crippen MR) is 256 cm³/mol. The molecule has 2 nitrogen and oxygen atoms in total. The summed E-state index contributed by atoms with van der Waals surface area (Å²) in [4.78, 5) is 2.43. The molecule has 0 bridgehead atoms. The fourth-order valence-electron chi connectivity index (χ4n) is 9.44. The Bertz CT molecular complexity index is 3180. The van der Waals surface area contributed by atoms with Gasteiger partial charge in [0.2, 0.25) is 0 Å². The molecule has 0 amide bonds. The second-order valence-corrected chi connectivity index (χ2v) is 15.9. The molecule has 1 heterocycles. The summed E-state index contributed by atoms with van der Waals surface area (Å²) in [6.07, 6.45) is 0. The van der Waals surface area contributed by atoms with Crippen molar-refractivity contribution in [3.05, 3.63) is 230 Å². The highest BCUT2D eigenvalue weighted by Gasteiger charge is 2.20. The predicted octanol–water partition coefficient (Wildman–Crippen LogP) is 16.2. The van der Waals surface area contributed by atoms with E-state index in [1.165, 1.54) is 93.5 Å². The molecular formula is C58H42N2. The van der Waals surface area contributed by atoms with E-state index in [9.17, 15) is 0 Å². The number of nitrogens with zero attached hydrogens (tertiary/aromatic N) is 2. The number of fused-ring (bicyclic) bond motifs is 5. The lowest BCUT2D eigenvalue weighted by Gasteiger charge is -2.29. The van der Waals surface area contributed by atoms with Gasteiger partial charge in [0, 0.05) is 27.8 Å². The maximum absolute atomic E-state index is 2.43. The van der Waals surface area contributed by atoms with E-state index in [0.717, 1.165) is 17.1 Å². The van der Waals surface area contributed by atoms with E-state index < -0.39 is 0 Å². The summed E-state index contributed by atoms with van der Waals surface area (Å²) >= 11 is 0. The van der Waals surface area contributed by atoms with Crippen LogP contribution in [0, 0.1) is 13.8 Å². The van der Waals surface area contributed by atoms with Crippen molar-refractivity contribution in [2.24, 2.45) is 0 Å². The van der Waals surface area contributed by atoms with Gasteiger partial charge < -0.3 is 9.47 Å². The van der Waals surface area contributed by atoms with E-state index in [4.69, 9.17) is 0 Å². The zero-order chi connectivity index (χ0) is 40.2. The first kappa shape index (κ1) is 35.5. The molecule has 0 N–H and O–H groups in total. The van der Waals surface area contributed by atoms with Crippen molar-refractivity contribution in [3.8, 4) is 39.1 Å². The van der Waals surface area contributed by atoms with Crippen LogP contribution in [0.25, 0.3) is 82.4 Å². The monoisotopic (exact) mass is 766 g/mol. The molecule has 10 aromatic carbocycles. The van der Waals surface area contributed by atoms with Crippen LogP contribution in [0.2, 0.25) is 0 Å². The lowest BCUT2D eigenvalue weighted by molar-refractivity contribution is 1.18. The van der Waals surface area contributed by atoms with Crippen LogP contribution >= 0.6 is 0 Å². The van der Waals surface area contributed by atoms with Crippen molar-refractivity contribution in [3.63, 3.8) is 0 Å². The van der Waals surface area contributed by atoms with Crippen LogP contribution in [-0.4, -0.2) is 4.57 Å². The number of rotatable bonds is 7. The van der Waals surface area contributed by atoms with Gasteiger partial charge in [-0.25, -0.2) is 0 Å². The highest BCUT2D eigenvalue weighted by Crippen LogP contribution is 2.43. The Morgan fingerprint density at radius 2 is 0.767 bits per heavy atom. The molecule has 1 aromatic heterocycles. The van der Waals surface area contributed by atoms with Crippen molar-refractivity contribution in [2.45, 2.75) is 13.8 Å². The maximum atomic E-state index is 2.43. The van der Waals surface area contributed by atoms with E-state index >= 15 is 0 Å². The first-order valence-electron chi connectivity index (χ1n) is 20.8. The minimum atomic E-state index is 1.12. The van der Waals surface area contributed by atoms with Crippen molar-refractivity contribution in [1.29, 1.82) is 0 Å². The lowest BCUT2D eigenvalue weighted by atomic mass is 9.95. The highest BCUT2D eigenvalue weighted by molar-refractivity contribution is 6.09. The second kappa shape index (κ2) is 14.6. The SMILES string of the molecule is Cc1cc(-c2cccc(-n3c4ccccc4c4ccccc43)c2)cc(C)c1N(c1ccc(-c2cccc3ccccc23)cc1)c1ccc(-c2cccc3ccccc23)cc1. The molecule has 0 radical (unpaired) electrons. The normalized spacial score (nSPS) is 11.5. The summed E-state index contributed by atoms with van der Waals surface area (Å²) in [6.45, 7) is 4.51. The van der Waals surface area contributed by atoms with Crippen LogP contribution in [-0.2, 0) is 0 Å². The minimum Gasteiger partial charge on any atom is -0.310 e. The molecule has 2 heteroatoms. The molecule has 0 atom stereocenters. The third-order valence-corrected chi connectivity index (χ3v) is 12.2. The third-order valence-electron chi connectivity index (χ3n) is 12.2. The molecular weight excluding hydrogens is 725 g/mol. The van der Waals surface area contributed by atoms with Gasteiger partial charge in [-0.05, 0) is 141 Å². The van der Waals surface area contributed by atoms with E-state index in [1.807, 2.05) is 0 Å². The lowest BCUT2D eigenvalue weighted by Crippen LogP contribution is -2.13. The van der Waals surface area contributed by atoms with Crippen LogP contribution in [0.5, 0.6) is 0 Å². The van der Waals surface area contributed by atoms with Crippen molar-refractivity contribution >= 4 is 60.4 Å². The molecule has 11 rings (SSSR count). The zero-order valence-corrected chi connectivity index (χ0v) is 33.7. The van der Waals surface area contributed by atoms with E-state index in [1.54, 1.807) is 0 Å². The first-order valence-corrected chi connectivity index (χ1v) is 20.8. The fourth-order valence-corrected chi connectivity index (χ4v) is 9.44. The quantitative estimate of drug-likeness (QED) is 0.157. The summed E-state index contributed by atoms with van der Waals surface area (Å²) in [6, 6.07) is 79.7. The van der Waals surface area contributed by atoms with Gasteiger partial charge in [-0.2, -0.15) is 0 Å². The third kappa shape index (κ3) is 6.04. The summed E-state index contributed by atoms with van der Waals surface area (Å²) < 4.78 is 2.40. The Balaban J connectivity index is 1.02. The largest absolute Gasteiger partial charge is 0.310 e. The van der Waals surface area contributed by atoms with E-state index in [0.29, 0.717) is 0 Å². The van der Waals surface area contributed by atoms with Crippen LogP contribution in [0.3, 0.4) is 0 Å². The molecule has 0 aliphatic carbocycles. The Kier molecular flexibility index (Phi) is 8.64. The standard InChI is InChI=1S/C58H42N2/c1-39-36-46(45-18-11-19-49(38-45)60-56-26-9-7-22-54(56)55-23-8-10-27-57(55)60)37-40(2)58(39)59(47-32-28-43(29-33-47)52-24-12-16-41-14-3-5-20-50(41)52)48-34-30-44(31-35-48)53-25-13-17-42-15-4-6-21-51(42)53/h3-38H,1-2H3. The first-order chi connectivity index (χ1) is 29.6. The molecule has 0 saturated carbocycles. The van der Waals surface area contributed by atoms with Gasteiger partial charge >= 0.3 is 0 Å². The van der Waals surface area contributed by atoms with Crippen LogP contribution in [0.15, 0.2) is 218 Å². The number of hydrogen-bond acceptors (Lipinski definition) is 1. The van der Waals surface area contributed by atoms with Crippen LogP contribution in [0.4, 0.5) is 17.1 Å². The molecule has 0 aliphatic heterocycles.